The molecule has 164 valence electrons. The summed E-state index contributed by atoms with van der Waals surface area (Å²) in [4.78, 5) is 26.7. The maximum atomic E-state index is 12.6. The Hall–Kier alpha value is -2.75. The van der Waals surface area contributed by atoms with Gasteiger partial charge in [0.25, 0.3) is 5.56 Å². The molecule has 0 radical (unpaired) electrons. The van der Waals surface area contributed by atoms with E-state index in [1.165, 1.54) is 0 Å². The van der Waals surface area contributed by atoms with Gasteiger partial charge in [-0.1, -0.05) is 0 Å². The molecule has 0 bridgehead atoms. The van der Waals surface area contributed by atoms with Crippen LogP contribution < -0.4 is 10.5 Å². The zero-order valence-electron chi connectivity index (χ0n) is 17.9. The zero-order chi connectivity index (χ0) is 21.2. The smallest absolute Gasteiger partial charge is 0.261 e. The second-order valence-corrected chi connectivity index (χ2v) is 8.10. The van der Waals surface area contributed by atoms with Gasteiger partial charge in [-0.3, -0.25) is 14.3 Å². The van der Waals surface area contributed by atoms with Crippen LogP contribution in [-0.2, 0) is 35.7 Å². The van der Waals surface area contributed by atoms with E-state index in [1.807, 2.05) is 18.2 Å². The number of rotatable bonds is 6. The summed E-state index contributed by atoms with van der Waals surface area (Å²) in [6.45, 7) is 7.97. The first-order valence-electron chi connectivity index (χ1n) is 10.8. The Bertz CT molecular complexity index is 1090. The van der Waals surface area contributed by atoms with Crippen LogP contribution in [0.1, 0.15) is 11.5 Å². The number of hydrogen-bond donors (Lipinski definition) is 0. The van der Waals surface area contributed by atoms with Crippen molar-refractivity contribution in [2.24, 2.45) is 0 Å². The standard InChI is InChI=1S/C22H28N6O3/c1-30-10-8-28-16-23-20-12-18(2-3-19(20)22(28)29)26-6-4-25(5-7-26)13-17-14-27-9-11-31-15-21(27)24-17/h2-3,12,14,16H,4-11,13,15H2,1H3. The Morgan fingerprint density at radius 3 is 2.84 bits per heavy atom. The van der Waals surface area contributed by atoms with Crippen molar-refractivity contribution in [1.82, 2.24) is 24.0 Å². The van der Waals surface area contributed by atoms with E-state index in [4.69, 9.17) is 14.5 Å². The average molecular weight is 425 g/mol. The van der Waals surface area contributed by atoms with E-state index in [1.54, 1.807) is 18.0 Å². The second kappa shape index (κ2) is 8.78. The van der Waals surface area contributed by atoms with E-state index in [-0.39, 0.29) is 5.56 Å². The van der Waals surface area contributed by atoms with Crippen LogP contribution in [0.3, 0.4) is 0 Å². The molecule has 0 saturated carbocycles. The largest absolute Gasteiger partial charge is 0.383 e. The maximum Gasteiger partial charge on any atom is 0.261 e. The predicted octanol–water partition coefficient (Wildman–Crippen LogP) is 1.09. The predicted molar refractivity (Wildman–Crippen MR) is 117 cm³/mol. The third-order valence-corrected chi connectivity index (χ3v) is 6.08. The quantitative estimate of drug-likeness (QED) is 0.586. The number of anilines is 1. The van der Waals surface area contributed by atoms with Gasteiger partial charge in [0.05, 0.1) is 42.7 Å². The highest BCUT2D eigenvalue weighted by molar-refractivity contribution is 5.81. The second-order valence-electron chi connectivity index (χ2n) is 8.10. The van der Waals surface area contributed by atoms with Gasteiger partial charge in [0.15, 0.2) is 0 Å². The molecular formula is C22H28N6O3. The van der Waals surface area contributed by atoms with Crippen LogP contribution in [-0.4, -0.2) is 70.5 Å². The van der Waals surface area contributed by atoms with Crippen molar-refractivity contribution in [3.63, 3.8) is 0 Å². The molecule has 0 amide bonds. The Morgan fingerprint density at radius 1 is 1.16 bits per heavy atom. The Balaban J connectivity index is 1.23. The van der Waals surface area contributed by atoms with Gasteiger partial charge in [0, 0.05) is 58.3 Å². The molecule has 9 nitrogen and oxygen atoms in total. The van der Waals surface area contributed by atoms with Gasteiger partial charge in [-0.15, -0.1) is 0 Å². The first kappa shape index (κ1) is 20.2. The van der Waals surface area contributed by atoms with Crippen molar-refractivity contribution in [1.29, 1.82) is 0 Å². The number of benzene rings is 1. The molecule has 9 heteroatoms. The van der Waals surface area contributed by atoms with Crippen molar-refractivity contribution in [2.75, 3.05) is 51.4 Å². The van der Waals surface area contributed by atoms with E-state index < -0.39 is 0 Å². The molecule has 1 aromatic carbocycles. The fourth-order valence-electron chi connectivity index (χ4n) is 4.31. The summed E-state index contributed by atoms with van der Waals surface area (Å²) >= 11 is 0. The molecule has 2 aliphatic heterocycles. The van der Waals surface area contributed by atoms with E-state index in [9.17, 15) is 4.79 Å². The molecule has 0 N–H and O–H groups in total. The monoisotopic (exact) mass is 424 g/mol. The zero-order valence-corrected chi connectivity index (χ0v) is 17.9. The number of aromatic nitrogens is 4. The van der Waals surface area contributed by atoms with Crippen molar-refractivity contribution in [2.45, 2.75) is 26.2 Å². The van der Waals surface area contributed by atoms with Crippen molar-refractivity contribution >= 4 is 16.6 Å². The molecule has 2 aromatic heterocycles. The summed E-state index contributed by atoms with van der Waals surface area (Å²) in [6, 6.07) is 5.95. The summed E-state index contributed by atoms with van der Waals surface area (Å²) in [5.41, 5.74) is 2.95. The summed E-state index contributed by atoms with van der Waals surface area (Å²) in [5, 5.41) is 0.647. The van der Waals surface area contributed by atoms with Crippen LogP contribution in [0.2, 0.25) is 0 Å². The summed E-state index contributed by atoms with van der Waals surface area (Å²) in [6.07, 6.45) is 3.78. The Labute approximate surface area is 180 Å². The van der Waals surface area contributed by atoms with Crippen molar-refractivity contribution < 1.29 is 9.47 Å². The van der Waals surface area contributed by atoms with Gasteiger partial charge in [-0.05, 0) is 18.2 Å². The molecule has 0 unspecified atom stereocenters. The lowest BCUT2D eigenvalue weighted by Gasteiger charge is -2.35. The maximum absolute atomic E-state index is 12.6. The van der Waals surface area contributed by atoms with Crippen LogP contribution in [0.25, 0.3) is 10.9 Å². The van der Waals surface area contributed by atoms with Gasteiger partial charge in [-0.2, -0.15) is 0 Å². The van der Waals surface area contributed by atoms with Gasteiger partial charge in [0.1, 0.15) is 12.4 Å². The topological polar surface area (TPSA) is 77.7 Å². The van der Waals surface area contributed by atoms with E-state index in [0.717, 1.165) is 68.6 Å². The highest BCUT2D eigenvalue weighted by atomic mass is 16.5. The summed E-state index contributed by atoms with van der Waals surface area (Å²) in [5.74, 6) is 1.03. The molecule has 1 saturated heterocycles. The van der Waals surface area contributed by atoms with Gasteiger partial charge in [-0.25, -0.2) is 9.97 Å². The summed E-state index contributed by atoms with van der Waals surface area (Å²) in [7, 11) is 1.63. The molecule has 0 atom stereocenters. The number of ether oxygens (including phenoxy) is 2. The van der Waals surface area contributed by atoms with E-state index in [0.29, 0.717) is 25.1 Å². The Kier molecular flexibility index (Phi) is 5.71. The third kappa shape index (κ3) is 4.21. The fourth-order valence-corrected chi connectivity index (χ4v) is 4.31. The highest BCUT2D eigenvalue weighted by Crippen LogP contribution is 2.21. The SMILES string of the molecule is COCCn1cnc2cc(N3CCN(Cc4cn5c(n4)COCC5)CC3)ccc2c1=O. The molecule has 0 aliphatic carbocycles. The molecule has 31 heavy (non-hydrogen) atoms. The van der Waals surface area contributed by atoms with Crippen molar-refractivity contribution in [3.8, 4) is 0 Å². The van der Waals surface area contributed by atoms with Crippen LogP contribution >= 0.6 is 0 Å². The lowest BCUT2D eigenvalue weighted by atomic mass is 10.2. The molecule has 1 fully saturated rings. The van der Waals surface area contributed by atoms with Gasteiger partial charge >= 0.3 is 0 Å². The first-order valence-corrected chi connectivity index (χ1v) is 10.8. The first-order chi connectivity index (χ1) is 15.2. The number of fused-ring (bicyclic) bond motifs is 2. The Morgan fingerprint density at radius 2 is 2.03 bits per heavy atom. The fraction of sp³-hybridized carbons (Fsp3) is 0.500. The molecule has 2 aliphatic rings. The van der Waals surface area contributed by atoms with Crippen LogP contribution in [0, 0.1) is 0 Å². The molecule has 0 spiro atoms. The van der Waals surface area contributed by atoms with Crippen LogP contribution in [0.4, 0.5) is 5.69 Å². The highest BCUT2D eigenvalue weighted by Gasteiger charge is 2.20. The van der Waals surface area contributed by atoms with Gasteiger partial charge < -0.3 is 18.9 Å². The number of hydrogen-bond acceptors (Lipinski definition) is 7. The van der Waals surface area contributed by atoms with Gasteiger partial charge in [0.2, 0.25) is 0 Å². The lowest BCUT2D eigenvalue weighted by Crippen LogP contribution is -2.46. The number of piperazine rings is 1. The minimum Gasteiger partial charge on any atom is -0.383 e. The van der Waals surface area contributed by atoms with Crippen molar-refractivity contribution in [3.05, 3.63) is 52.6 Å². The average Bonchev–Trinajstić information content (AvgIpc) is 3.21. The minimum atomic E-state index is -0.0217. The summed E-state index contributed by atoms with van der Waals surface area (Å²) < 4.78 is 14.4. The lowest BCUT2D eigenvalue weighted by molar-refractivity contribution is 0.0816. The number of methoxy groups -OCH3 is 1. The normalized spacial score (nSPS) is 17.3. The molecule has 3 aromatic rings. The minimum absolute atomic E-state index is 0.0217. The third-order valence-electron chi connectivity index (χ3n) is 6.08. The molecule has 4 heterocycles. The van der Waals surface area contributed by atoms with E-state index in [2.05, 4.69) is 25.5 Å². The van der Waals surface area contributed by atoms with Crippen LogP contribution in [0.15, 0.2) is 35.5 Å². The number of nitrogens with zero attached hydrogens (tertiary/aromatic N) is 6. The molecular weight excluding hydrogens is 396 g/mol. The number of imidazole rings is 1. The van der Waals surface area contributed by atoms with E-state index >= 15 is 0 Å². The van der Waals surface area contributed by atoms with Crippen LogP contribution in [0.5, 0.6) is 0 Å². The molecule has 5 rings (SSSR count).